The van der Waals surface area contributed by atoms with E-state index in [1.807, 2.05) is 0 Å². The molecule has 11 heavy (non-hydrogen) atoms. The van der Waals surface area contributed by atoms with Crippen molar-refractivity contribution >= 4 is 32.7 Å². The molecular formula is C6H5BrClN3. The van der Waals surface area contributed by atoms with Crippen LogP contribution >= 0.6 is 27.5 Å². The highest BCUT2D eigenvalue weighted by Crippen LogP contribution is 2.18. The molecule has 2 rings (SSSR count). The molecule has 58 valence electrons. The van der Waals surface area contributed by atoms with Crippen LogP contribution in [0.25, 0.3) is 0 Å². The Morgan fingerprint density at radius 1 is 1.55 bits per heavy atom. The van der Waals surface area contributed by atoms with Crippen LogP contribution in [0.5, 0.6) is 0 Å². The number of aromatic nitrogens is 2. The van der Waals surface area contributed by atoms with E-state index < -0.39 is 0 Å². The molecular weight excluding hydrogens is 229 g/mol. The lowest BCUT2D eigenvalue weighted by Crippen LogP contribution is -2.08. The van der Waals surface area contributed by atoms with E-state index in [0.29, 0.717) is 5.17 Å². The fourth-order valence-electron chi connectivity index (χ4n) is 1.01. The number of aryl methyl sites for hydroxylation is 1. The van der Waals surface area contributed by atoms with Gasteiger partial charge in [-0.15, -0.1) is 0 Å². The molecule has 0 aliphatic carbocycles. The van der Waals surface area contributed by atoms with E-state index in [1.54, 1.807) is 10.9 Å². The zero-order valence-corrected chi connectivity index (χ0v) is 7.93. The maximum Gasteiger partial charge on any atom is 0.131 e. The maximum atomic E-state index is 5.75. The number of rotatable bonds is 0. The fourth-order valence-corrected chi connectivity index (χ4v) is 1.57. The summed E-state index contributed by atoms with van der Waals surface area (Å²) in [5.74, 6) is 0.960. The molecule has 0 bridgehead atoms. The van der Waals surface area contributed by atoms with Crippen LogP contribution in [0.4, 0.5) is 0 Å². The molecule has 0 saturated carbocycles. The maximum absolute atomic E-state index is 5.75. The van der Waals surface area contributed by atoms with Crippen molar-refractivity contribution < 1.29 is 0 Å². The minimum Gasteiger partial charge on any atom is -0.238 e. The highest BCUT2D eigenvalue weighted by Gasteiger charge is 2.13. The average molecular weight is 234 g/mol. The quantitative estimate of drug-likeness (QED) is 0.675. The van der Waals surface area contributed by atoms with Gasteiger partial charge in [-0.25, -0.2) is 9.66 Å². The van der Waals surface area contributed by atoms with E-state index in [4.69, 9.17) is 11.6 Å². The Hall–Kier alpha value is -0.350. The van der Waals surface area contributed by atoms with Crippen LogP contribution < -0.4 is 0 Å². The standard InChI is InChI=1S/C6H5BrClN3/c7-4-3-9-6-2-1-5(8)10-11(4)6/h3H,1-2H2. The number of hydrogen-bond acceptors (Lipinski definition) is 2. The number of fused-ring (bicyclic) bond motifs is 1. The van der Waals surface area contributed by atoms with E-state index >= 15 is 0 Å². The summed E-state index contributed by atoms with van der Waals surface area (Å²) < 4.78 is 2.57. The Morgan fingerprint density at radius 2 is 2.36 bits per heavy atom. The number of hydrogen-bond donors (Lipinski definition) is 0. The predicted molar refractivity (Wildman–Crippen MR) is 46.9 cm³/mol. The van der Waals surface area contributed by atoms with Gasteiger partial charge in [-0.05, 0) is 15.9 Å². The molecule has 3 nitrogen and oxygen atoms in total. The first-order valence-corrected chi connectivity index (χ1v) is 4.40. The van der Waals surface area contributed by atoms with E-state index in [-0.39, 0.29) is 0 Å². The third kappa shape index (κ3) is 1.20. The first-order chi connectivity index (χ1) is 5.27. The van der Waals surface area contributed by atoms with Crippen molar-refractivity contribution in [2.45, 2.75) is 12.8 Å². The summed E-state index contributed by atoms with van der Waals surface area (Å²) in [6, 6.07) is 0. The monoisotopic (exact) mass is 233 g/mol. The molecule has 2 heterocycles. The van der Waals surface area contributed by atoms with Gasteiger partial charge in [0.1, 0.15) is 15.6 Å². The summed E-state index contributed by atoms with van der Waals surface area (Å²) in [5.41, 5.74) is 0. The van der Waals surface area contributed by atoms with Gasteiger partial charge in [-0.1, -0.05) is 11.6 Å². The normalized spacial score (nSPS) is 16.0. The lowest BCUT2D eigenvalue weighted by Gasteiger charge is -2.08. The summed E-state index contributed by atoms with van der Waals surface area (Å²) in [7, 11) is 0. The van der Waals surface area contributed by atoms with Gasteiger partial charge in [-0.3, -0.25) is 0 Å². The smallest absolute Gasteiger partial charge is 0.131 e. The minimum absolute atomic E-state index is 0.635. The van der Waals surface area contributed by atoms with E-state index in [1.165, 1.54) is 0 Å². The third-order valence-corrected chi connectivity index (χ3v) is 2.34. The van der Waals surface area contributed by atoms with Crippen molar-refractivity contribution in [3.05, 3.63) is 16.6 Å². The summed E-state index contributed by atoms with van der Waals surface area (Å²) in [5, 5.41) is 4.73. The molecule has 0 amide bonds. The van der Waals surface area contributed by atoms with Gasteiger partial charge in [0.2, 0.25) is 0 Å². The largest absolute Gasteiger partial charge is 0.238 e. The Morgan fingerprint density at radius 3 is 3.18 bits per heavy atom. The molecule has 1 aliphatic heterocycles. The van der Waals surface area contributed by atoms with E-state index in [2.05, 4.69) is 26.0 Å². The fraction of sp³-hybridized carbons (Fsp3) is 0.333. The lowest BCUT2D eigenvalue weighted by atomic mass is 10.3. The minimum atomic E-state index is 0.635. The third-order valence-electron chi connectivity index (χ3n) is 1.53. The Bertz CT molecular complexity index is 318. The van der Waals surface area contributed by atoms with Gasteiger partial charge in [-0.2, -0.15) is 5.10 Å². The van der Waals surface area contributed by atoms with Crippen molar-refractivity contribution in [1.82, 2.24) is 9.66 Å². The first kappa shape index (κ1) is 7.31. The Kier molecular flexibility index (Phi) is 1.73. The lowest BCUT2D eigenvalue weighted by molar-refractivity contribution is 0.726. The van der Waals surface area contributed by atoms with Crippen LogP contribution in [0.2, 0.25) is 0 Å². The Labute approximate surface area is 77.2 Å². The molecule has 1 aromatic heterocycles. The number of halogens is 2. The van der Waals surface area contributed by atoms with Gasteiger partial charge >= 0.3 is 0 Å². The predicted octanol–water partition coefficient (Wildman–Crippen LogP) is 1.99. The van der Waals surface area contributed by atoms with Gasteiger partial charge < -0.3 is 0 Å². The van der Waals surface area contributed by atoms with Crippen molar-refractivity contribution in [1.29, 1.82) is 0 Å². The molecule has 5 heteroatoms. The summed E-state index contributed by atoms with van der Waals surface area (Å²) in [6.45, 7) is 0. The molecule has 1 aromatic rings. The highest BCUT2D eigenvalue weighted by atomic mass is 79.9. The summed E-state index contributed by atoms with van der Waals surface area (Å²) in [4.78, 5) is 4.14. The molecule has 0 unspecified atom stereocenters. The topological polar surface area (TPSA) is 30.2 Å². The van der Waals surface area contributed by atoms with Gasteiger partial charge in [0, 0.05) is 12.8 Å². The highest BCUT2D eigenvalue weighted by molar-refractivity contribution is 9.10. The van der Waals surface area contributed by atoms with Gasteiger partial charge in [0.05, 0.1) is 6.20 Å². The average Bonchev–Trinajstić information content (AvgIpc) is 2.33. The second-order valence-electron chi connectivity index (χ2n) is 2.29. The van der Waals surface area contributed by atoms with Crippen LogP contribution in [-0.2, 0) is 6.42 Å². The molecule has 0 fully saturated rings. The molecule has 0 N–H and O–H groups in total. The molecule has 1 aliphatic rings. The van der Waals surface area contributed by atoms with Crippen LogP contribution in [-0.4, -0.2) is 14.8 Å². The van der Waals surface area contributed by atoms with Gasteiger partial charge in [0.25, 0.3) is 0 Å². The molecule has 0 atom stereocenters. The van der Waals surface area contributed by atoms with Crippen molar-refractivity contribution in [2.24, 2.45) is 5.10 Å². The Balaban J connectivity index is 2.55. The van der Waals surface area contributed by atoms with E-state index in [9.17, 15) is 0 Å². The summed E-state index contributed by atoms with van der Waals surface area (Å²) >= 11 is 9.07. The van der Waals surface area contributed by atoms with Gasteiger partial charge in [0.15, 0.2) is 0 Å². The number of nitrogens with zero attached hydrogens (tertiary/aromatic N) is 3. The van der Waals surface area contributed by atoms with Crippen LogP contribution in [0.15, 0.2) is 15.9 Å². The van der Waals surface area contributed by atoms with Crippen LogP contribution in [0.1, 0.15) is 12.2 Å². The zero-order chi connectivity index (χ0) is 7.84. The number of imidazole rings is 1. The molecule has 0 radical (unpaired) electrons. The summed E-state index contributed by atoms with van der Waals surface area (Å²) in [6.07, 6.45) is 3.40. The van der Waals surface area contributed by atoms with E-state index in [0.717, 1.165) is 23.3 Å². The van der Waals surface area contributed by atoms with Crippen molar-refractivity contribution in [3.8, 4) is 0 Å². The zero-order valence-electron chi connectivity index (χ0n) is 5.59. The molecule has 0 spiro atoms. The second kappa shape index (κ2) is 2.60. The van der Waals surface area contributed by atoms with Crippen LogP contribution in [0, 0.1) is 0 Å². The van der Waals surface area contributed by atoms with Crippen molar-refractivity contribution in [3.63, 3.8) is 0 Å². The molecule has 0 saturated heterocycles. The first-order valence-electron chi connectivity index (χ1n) is 3.23. The SMILES string of the molecule is ClC1=Nn2c(Br)cnc2CC1. The second-order valence-corrected chi connectivity index (χ2v) is 3.53. The van der Waals surface area contributed by atoms with Crippen LogP contribution in [0.3, 0.4) is 0 Å². The molecule has 0 aromatic carbocycles. The van der Waals surface area contributed by atoms with Crippen molar-refractivity contribution in [2.75, 3.05) is 0 Å².